The van der Waals surface area contributed by atoms with Gasteiger partial charge in [-0.2, -0.15) is 5.48 Å². The van der Waals surface area contributed by atoms with Crippen molar-refractivity contribution in [3.8, 4) is 0 Å². The predicted octanol–water partition coefficient (Wildman–Crippen LogP) is 0.882. The molecule has 0 saturated carbocycles. The molecule has 5 nitrogen and oxygen atoms in total. The van der Waals surface area contributed by atoms with Crippen molar-refractivity contribution in [1.29, 1.82) is 0 Å². The Labute approximate surface area is 103 Å². The van der Waals surface area contributed by atoms with Crippen LogP contribution in [-0.4, -0.2) is 51.8 Å². The van der Waals surface area contributed by atoms with E-state index in [4.69, 9.17) is 19.0 Å². The lowest BCUT2D eigenvalue weighted by atomic mass is 9.84. The molecule has 2 saturated heterocycles. The number of hydrogen-bond donors (Lipinski definition) is 1. The molecule has 1 spiro atoms. The Morgan fingerprint density at radius 2 is 2.06 bits per heavy atom. The Morgan fingerprint density at radius 3 is 2.82 bits per heavy atom. The average molecular weight is 245 g/mol. The van der Waals surface area contributed by atoms with Crippen LogP contribution in [-0.2, 0) is 19.0 Å². The highest BCUT2D eigenvalue weighted by Crippen LogP contribution is 2.34. The van der Waals surface area contributed by atoms with Crippen molar-refractivity contribution in [2.24, 2.45) is 0 Å². The van der Waals surface area contributed by atoms with Crippen molar-refractivity contribution in [2.45, 2.75) is 37.3 Å². The summed E-state index contributed by atoms with van der Waals surface area (Å²) in [5.41, 5.74) is 3.15. The molecule has 0 aromatic carbocycles. The number of hydroxylamine groups is 1. The second kappa shape index (κ2) is 6.66. The van der Waals surface area contributed by atoms with Crippen LogP contribution in [0.15, 0.2) is 0 Å². The van der Waals surface area contributed by atoms with E-state index in [0.29, 0.717) is 19.3 Å². The lowest BCUT2D eigenvalue weighted by molar-refractivity contribution is -0.154. The summed E-state index contributed by atoms with van der Waals surface area (Å²) >= 11 is 0. The molecule has 0 aromatic heterocycles. The van der Waals surface area contributed by atoms with Crippen molar-refractivity contribution in [1.82, 2.24) is 5.48 Å². The van der Waals surface area contributed by atoms with Gasteiger partial charge in [-0.3, -0.25) is 4.84 Å². The second-order valence-corrected chi connectivity index (χ2v) is 4.79. The van der Waals surface area contributed by atoms with E-state index in [1.165, 1.54) is 0 Å². The third-order valence-corrected chi connectivity index (χ3v) is 3.54. The summed E-state index contributed by atoms with van der Waals surface area (Å²) in [6.45, 7) is 3.65. The van der Waals surface area contributed by atoms with Gasteiger partial charge in [0.15, 0.2) is 0 Å². The topological polar surface area (TPSA) is 49.0 Å². The Bertz CT molecular complexity index is 213. The van der Waals surface area contributed by atoms with Crippen molar-refractivity contribution >= 4 is 0 Å². The SMILES string of the molecule is COCCONC1CCOC2(CCOCC2)C1. The first-order chi connectivity index (χ1) is 8.35. The van der Waals surface area contributed by atoms with E-state index >= 15 is 0 Å². The van der Waals surface area contributed by atoms with Gasteiger partial charge < -0.3 is 14.2 Å². The summed E-state index contributed by atoms with van der Waals surface area (Å²) in [4.78, 5) is 5.39. The van der Waals surface area contributed by atoms with Gasteiger partial charge in [-0.1, -0.05) is 0 Å². The number of nitrogens with one attached hydrogen (secondary N) is 1. The molecule has 100 valence electrons. The lowest BCUT2D eigenvalue weighted by Crippen LogP contribution is -2.49. The third-order valence-electron chi connectivity index (χ3n) is 3.54. The summed E-state index contributed by atoms with van der Waals surface area (Å²) in [5, 5.41) is 0. The van der Waals surface area contributed by atoms with E-state index in [0.717, 1.165) is 45.5 Å². The minimum Gasteiger partial charge on any atom is -0.382 e. The van der Waals surface area contributed by atoms with Crippen LogP contribution in [0.3, 0.4) is 0 Å². The highest BCUT2D eigenvalue weighted by atomic mass is 16.7. The van der Waals surface area contributed by atoms with Gasteiger partial charge in [-0.15, -0.1) is 0 Å². The van der Waals surface area contributed by atoms with Gasteiger partial charge in [-0.05, 0) is 25.7 Å². The minimum absolute atomic E-state index is 0.0266. The molecule has 2 rings (SSSR count). The van der Waals surface area contributed by atoms with Crippen LogP contribution in [0.2, 0.25) is 0 Å². The van der Waals surface area contributed by atoms with E-state index in [9.17, 15) is 0 Å². The van der Waals surface area contributed by atoms with Gasteiger partial charge in [0.05, 0.1) is 18.8 Å². The summed E-state index contributed by atoms with van der Waals surface area (Å²) in [7, 11) is 1.68. The van der Waals surface area contributed by atoms with Crippen molar-refractivity contribution in [2.75, 3.05) is 40.1 Å². The zero-order valence-electron chi connectivity index (χ0n) is 10.6. The summed E-state index contributed by atoms with van der Waals surface area (Å²) in [6.07, 6.45) is 4.03. The Morgan fingerprint density at radius 1 is 1.24 bits per heavy atom. The fraction of sp³-hybridized carbons (Fsp3) is 1.00. The predicted molar refractivity (Wildman–Crippen MR) is 62.7 cm³/mol. The van der Waals surface area contributed by atoms with E-state index < -0.39 is 0 Å². The Hall–Kier alpha value is -0.200. The molecule has 1 unspecified atom stereocenters. The normalized spacial score (nSPS) is 28.4. The van der Waals surface area contributed by atoms with E-state index in [2.05, 4.69) is 5.48 Å². The number of ether oxygens (including phenoxy) is 3. The van der Waals surface area contributed by atoms with Gasteiger partial charge in [0.1, 0.15) is 0 Å². The maximum absolute atomic E-state index is 5.96. The van der Waals surface area contributed by atoms with Crippen LogP contribution in [0.25, 0.3) is 0 Å². The van der Waals surface area contributed by atoms with Gasteiger partial charge in [-0.25, -0.2) is 0 Å². The smallest absolute Gasteiger partial charge is 0.0915 e. The number of rotatable bonds is 5. The van der Waals surface area contributed by atoms with Gasteiger partial charge in [0.25, 0.3) is 0 Å². The van der Waals surface area contributed by atoms with E-state index in [1.807, 2.05) is 0 Å². The monoisotopic (exact) mass is 245 g/mol. The highest BCUT2D eigenvalue weighted by molar-refractivity contribution is 4.90. The molecule has 17 heavy (non-hydrogen) atoms. The maximum atomic E-state index is 5.96. The van der Waals surface area contributed by atoms with Crippen molar-refractivity contribution in [3.05, 3.63) is 0 Å². The summed E-state index contributed by atoms with van der Waals surface area (Å²) in [6, 6.07) is 0.388. The number of methoxy groups -OCH3 is 1. The molecular weight excluding hydrogens is 222 g/mol. The van der Waals surface area contributed by atoms with Crippen molar-refractivity contribution < 1.29 is 19.0 Å². The quantitative estimate of drug-likeness (QED) is 0.575. The van der Waals surface area contributed by atoms with Gasteiger partial charge >= 0.3 is 0 Å². The molecule has 0 amide bonds. The fourth-order valence-electron chi connectivity index (χ4n) is 2.52. The minimum atomic E-state index is 0.0266. The summed E-state index contributed by atoms with van der Waals surface area (Å²) in [5.74, 6) is 0. The molecule has 2 aliphatic rings. The zero-order chi connectivity index (χ0) is 12.0. The third kappa shape index (κ3) is 3.89. The molecule has 2 fully saturated rings. The highest BCUT2D eigenvalue weighted by Gasteiger charge is 2.39. The first kappa shape index (κ1) is 13.2. The Kier molecular flexibility index (Phi) is 5.18. The lowest BCUT2D eigenvalue weighted by Gasteiger charge is -2.43. The van der Waals surface area contributed by atoms with Crippen LogP contribution in [0.4, 0.5) is 0 Å². The van der Waals surface area contributed by atoms with Crippen LogP contribution in [0.5, 0.6) is 0 Å². The molecule has 0 bridgehead atoms. The first-order valence-electron chi connectivity index (χ1n) is 6.43. The largest absolute Gasteiger partial charge is 0.382 e. The molecule has 1 atom stereocenters. The standard InChI is InChI=1S/C12H23NO4/c1-14-8-9-17-13-11-2-5-16-12(10-11)3-6-15-7-4-12/h11,13H,2-10H2,1H3. The second-order valence-electron chi connectivity index (χ2n) is 4.79. The van der Waals surface area contributed by atoms with Crippen LogP contribution < -0.4 is 5.48 Å². The van der Waals surface area contributed by atoms with E-state index in [1.54, 1.807) is 7.11 Å². The van der Waals surface area contributed by atoms with Crippen LogP contribution >= 0.6 is 0 Å². The molecule has 0 aliphatic carbocycles. The molecule has 5 heteroatoms. The molecule has 2 aliphatic heterocycles. The first-order valence-corrected chi connectivity index (χ1v) is 6.43. The maximum Gasteiger partial charge on any atom is 0.0915 e. The van der Waals surface area contributed by atoms with E-state index in [-0.39, 0.29) is 5.60 Å². The molecule has 0 radical (unpaired) electrons. The van der Waals surface area contributed by atoms with Gasteiger partial charge in [0.2, 0.25) is 0 Å². The molecule has 1 N–H and O–H groups in total. The summed E-state index contributed by atoms with van der Waals surface area (Å²) < 4.78 is 16.3. The van der Waals surface area contributed by atoms with Gasteiger partial charge in [0, 0.05) is 33.0 Å². The molecule has 0 aromatic rings. The van der Waals surface area contributed by atoms with Crippen LogP contribution in [0.1, 0.15) is 25.7 Å². The fourth-order valence-corrected chi connectivity index (χ4v) is 2.52. The Balaban J connectivity index is 1.72. The zero-order valence-corrected chi connectivity index (χ0v) is 10.6. The van der Waals surface area contributed by atoms with Crippen molar-refractivity contribution in [3.63, 3.8) is 0 Å². The number of hydrogen-bond acceptors (Lipinski definition) is 5. The average Bonchev–Trinajstić information content (AvgIpc) is 2.36. The van der Waals surface area contributed by atoms with Crippen LogP contribution in [0, 0.1) is 0 Å². The molecule has 2 heterocycles. The molecular formula is C12H23NO4.